The Balaban J connectivity index is 2.41. The summed E-state index contributed by atoms with van der Waals surface area (Å²) in [7, 11) is 1.61. The summed E-state index contributed by atoms with van der Waals surface area (Å²) in [5.41, 5.74) is 0. The van der Waals surface area contributed by atoms with E-state index in [0.717, 1.165) is 0 Å². The van der Waals surface area contributed by atoms with Crippen LogP contribution < -0.4 is 4.74 Å². The quantitative estimate of drug-likeness (QED) is 0.685. The van der Waals surface area contributed by atoms with Crippen molar-refractivity contribution in [3.8, 4) is 11.5 Å². The van der Waals surface area contributed by atoms with Gasteiger partial charge in [-0.1, -0.05) is 6.07 Å². The van der Waals surface area contributed by atoms with Crippen LogP contribution in [-0.2, 0) is 4.74 Å². The van der Waals surface area contributed by atoms with Crippen molar-refractivity contribution >= 4 is 0 Å². The molecule has 0 bridgehead atoms. The second-order valence-corrected chi connectivity index (χ2v) is 2.24. The van der Waals surface area contributed by atoms with Crippen molar-refractivity contribution < 1.29 is 14.6 Å². The van der Waals surface area contributed by atoms with E-state index in [1.807, 2.05) is 0 Å². The highest BCUT2D eigenvalue weighted by molar-refractivity contribution is 5.29. The van der Waals surface area contributed by atoms with Crippen LogP contribution in [0.15, 0.2) is 18.2 Å². The highest BCUT2D eigenvalue weighted by atomic mass is 16.5. The van der Waals surface area contributed by atoms with Gasteiger partial charge in [0.15, 0.2) is 0 Å². The molecule has 3 heteroatoms. The van der Waals surface area contributed by atoms with Crippen molar-refractivity contribution in [3.05, 3.63) is 24.3 Å². The molecule has 0 aromatic heterocycles. The van der Waals surface area contributed by atoms with E-state index in [1.54, 1.807) is 25.3 Å². The Morgan fingerprint density at radius 1 is 1.42 bits per heavy atom. The van der Waals surface area contributed by atoms with Crippen LogP contribution in [0.2, 0.25) is 0 Å². The molecular formula is C9H11O3. The smallest absolute Gasteiger partial charge is 0.131 e. The number of phenolic OH excluding ortho intramolecular Hbond substituents is 1. The maximum atomic E-state index is 9.00. The lowest BCUT2D eigenvalue weighted by atomic mass is 10.3. The summed E-state index contributed by atoms with van der Waals surface area (Å²) >= 11 is 0. The van der Waals surface area contributed by atoms with Gasteiger partial charge in [-0.3, -0.25) is 0 Å². The molecule has 0 atom stereocenters. The predicted molar refractivity (Wildman–Crippen MR) is 44.3 cm³/mol. The average Bonchev–Trinajstić information content (AvgIpc) is 2.05. The lowest BCUT2D eigenvalue weighted by molar-refractivity contribution is 0.146. The van der Waals surface area contributed by atoms with E-state index in [-0.39, 0.29) is 5.75 Å². The molecule has 3 nitrogen and oxygen atoms in total. The molecule has 1 radical (unpaired) electrons. The molecule has 0 fully saturated rings. The largest absolute Gasteiger partial charge is 0.507 e. The van der Waals surface area contributed by atoms with Gasteiger partial charge >= 0.3 is 0 Å². The fourth-order valence-electron chi connectivity index (χ4n) is 0.755. The second kappa shape index (κ2) is 4.62. The molecule has 1 rings (SSSR count). The van der Waals surface area contributed by atoms with Gasteiger partial charge in [0, 0.05) is 7.11 Å². The number of hydrogen-bond donors (Lipinski definition) is 1. The number of hydrogen-bond acceptors (Lipinski definition) is 3. The molecule has 1 aromatic rings. The summed E-state index contributed by atoms with van der Waals surface area (Å²) in [6.07, 6.45) is 0. The summed E-state index contributed by atoms with van der Waals surface area (Å²) in [6, 6.07) is 7.62. The first-order chi connectivity index (χ1) is 5.83. The maximum Gasteiger partial charge on any atom is 0.131 e. The predicted octanol–water partition coefficient (Wildman–Crippen LogP) is 1.22. The van der Waals surface area contributed by atoms with E-state index in [1.165, 1.54) is 0 Å². The highest BCUT2D eigenvalue weighted by Gasteiger charge is 1.94. The van der Waals surface area contributed by atoms with Crippen molar-refractivity contribution in [2.75, 3.05) is 20.3 Å². The lowest BCUT2D eigenvalue weighted by Gasteiger charge is -2.04. The number of rotatable bonds is 4. The molecule has 65 valence electrons. The molecule has 1 aromatic carbocycles. The van der Waals surface area contributed by atoms with Crippen molar-refractivity contribution in [2.24, 2.45) is 0 Å². The molecule has 0 aliphatic rings. The first-order valence-corrected chi connectivity index (χ1v) is 3.66. The van der Waals surface area contributed by atoms with Crippen LogP contribution in [0.5, 0.6) is 11.5 Å². The van der Waals surface area contributed by atoms with E-state index < -0.39 is 0 Å². The van der Waals surface area contributed by atoms with E-state index in [4.69, 9.17) is 14.6 Å². The summed E-state index contributed by atoms with van der Waals surface area (Å²) < 4.78 is 9.98. The fraction of sp³-hybridized carbons (Fsp3) is 0.333. The molecule has 0 spiro atoms. The Morgan fingerprint density at radius 3 is 2.92 bits per heavy atom. The Morgan fingerprint density at radius 2 is 2.25 bits per heavy atom. The molecule has 0 amide bonds. The molecule has 0 aliphatic heterocycles. The molecule has 0 saturated carbocycles. The van der Waals surface area contributed by atoms with Crippen molar-refractivity contribution in [3.63, 3.8) is 0 Å². The zero-order valence-corrected chi connectivity index (χ0v) is 6.91. The Hall–Kier alpha value is -1.22. The molecule has 0 unspecified atom stereocenters. The third kappa shape index (κ3) is 2.80. The first kappa shape index (κ1) is 8.87. The molecule has 0 aliphatic carbocycles. The average molecular weight is 167 g/mol. The third-order valence-corrected chi connectivity index (χ3v) is 1.30. The van der Waals surface area contributed by atoms with Crippen LogP contribution in [0.3, 0.4) is 0 Å². The first-order valence-electron chi connectivity index (χ1n) is 3.66. The normalized spacial score (nSPS) is 9.75. The summed E-state index contributed by atoms with van der Waals surface area (Å²) in [5, 5.41) is 9.00. The summed E-state index contributed by atoms with van der Waals surface area (Å²) in [6.45, 7) is 1.000. The van der Waals surface area contributed by atoms with Gasteiger partial charge in [0.2, 0.25) is 0 Å². The molecule has 0 heterocycles. The minimum absolute atomic E-state index is 0.0879. The number of ether oxygens (including phenoxy) is 2. The Kier molecular flexibility index (Phi) is 3.41. The van der Waals surface area contributed by atoms with Crippen molar-refractivity contribution in [2.45, 2.75) is 0 Å². The Labute approximate surface area is 71.5 Å². The van der Waals surface area contributed by atoms with Gasteiger partial charge in [0.1, 0.15) is 18.1 Å². The van der Waals surface area contributed by atoms with Gasteiger partial charge in [-0.05, 0) is 12.1 Å². The maximum absolute atomic E-state index is 9.00. The topological polar surface area (TPSA) is 38.7 Å². The van der Waals surface area contributed by atoms with Crippen LogP contribution in [0.4, 0.5) is 0 Å². The van der Waals surface area contributed by atoms with E-state index in [0.29, 0.717) is 19.0 Å². The van der Waals surface area contributed by atoms with Crippen molar-refractivity contribution in [1.29, 1.82) is 0 Å². The van der Waals surface area contributed by atoms with Gasteiger partial charge in [-0.15, -0.1) is 0 Å². The van der Waals surface area contributed by atoms with Gasteiger partial charge in [-0.25, -0.2) is 0 Å². The lowest BCUT2D eigenvalue weighted by Crippen LogP contribution is -2.03. The standard InChI is InChI=1S/C9H11O3/c1-11-5-6-12-9-4-2-3-8(10)7-9/h2-4,10H,5-6H2,1H3. The van der Waals surface area contributed by atoms with Gasteiger partial charge in [0.25, 0.3) is 0 Å². The van der Waals surface area contributed by atoms with Crippen LogP contribution in [-0.4, -0.2) is 25.4 Å². The minimum Gasteiger partial charge on any atom is -0.507 e. The zero-order valence-electron chi connectivity index (χ0n) is 6.91. The van der Waals surface area contributed by atoms with Gasteiger partial charge < -0.3 is 14.6 Å². The molecule has 12 heavy (non-hydrogen) atoms. The number of methoxy groups -OCH3 is 1. The van der Waals surface area contributed by atoms with Crippen LogP contribution >= 0.6 is 0 Å². The molecular weight excluding hydrogens is 156 g/mol. The SMILES string of the molecule is COCCOc1[c]c(O)ccc1. The Bertz CT molecular complexity index is 235. The second-order valence-electron chi connectivity index (χ2n) is 2.24. The molecule has 0 saturated heterocycles. The number of phenols is 1. The van der Waals surface area contributed by atoms with Crippen LogP contribution in [0.1, 0.15) is 0 Å². The summed E-state index contributed by atoms with van der Waals surface area (Å²) in [5.74, 6) is 0.622. The highest BCUT2D eigenvalue weighted by Crippen LogP contribution is 2.15. The summed E-state index contributed by atoms with van der Waals surface area (Å²) in [4.78, 5) is 0. The third-order valence-electron chi connectivity index (χ3n) is 1.30. The fourth-order valence-corrected chi connectivity index (χ4v) is 0.755. The van der Waals surface area contributed by atoms with Crippen molar-refractivity contribution in [1.82, 2.24) is 0 Å². The van der Waals surface area contributed by atoms with E-state index >= 15 is 0 Å². The zero-order chi connectivity index (χ0) is 8.81. The van der Waals surface area contributed by atoms with Crippen LogP contribution in [0, 0.1) is 6.07 Å². The minimum atomic E-state index is 0.0879. The van der Waals surface area contributed by atoms with Gasteiger partial charge in [0.05, 0.1) is 12.7 Å². The van der Waals surface area contributed by atoms with Gasteiger partial charge in [-0.2, -0.15) is 0 Å². The number of aromatic hydroxyl groups is 1. The molecule has 1 N–H and O–H groups in total. The monoisotopic (exact) mass is 167 g/mol. The number of benzene rings is 1. The van der Waals surface area contributed by atoms with E-state index in [9.17, 15) is 0 Å². The van der Waals surface area contributed by atoms with Crippen LogP contribution in [0.25, 0.3) is 0 Å². The van der Waals surface area contributed by atoms with E-state index in [2.05, 4.69) is 6.07 Å².